The van der Waals surface area contributed by atoms with Crippen molar-refractivity contribution in [1.82, 2.24) is 0 Å². The standard InChI is InChI=1S/C15H20O2/c16-14-7-6-12-8-13(10-17-15(12)9-14)11-4-2-1-3-5-11/h6-7,9,11,13,16H,1-5,8,10H2. The first kappa shape index (κ1) is 10.9. The van der Waals surface area contributed by atoms with Crippen LogP contribution in [0.25, 0.3) is 0 Å². The van der Waals surface area contributed by atoms with Gasteiger partial charge in [0.1, 0.15) is 11.5 Å². The van der Waals surface area contributed by atoms with Gasteiger partial charge in [-0.2, -0.15) is 0 Å². The van der Waals surface area contributed by atoms with Gasteiger partial charge in [0.25, 0.3) is 0 Å². The Balaban J connectivity index is 1.73. The summed E-state index contributed by atoms with van der Waals surface area (Å²) < 4.78 is 5.81. The van der Waals surface area contributed by atoms with Crippen LogP contribution in [0, 0.1) is 11.8 Å². The van der Waals surface area contributed by atoms with Gasteiger partial charge in [-0.05, 0) is 29.9 Å². The highest BCUT2D eigenvalue weighted by atomic mass is 16.5. The number of rotatable bonds is 1. The number of benzene rings is 1. The Kier molecular flexibility index (Phi) is 2.96. The molecule has 2 heteroatoms. The molecule has 1 unspecified atom stereocenters. The molecule has 0 radical (unpaired) electrons. The van der Waals surface area contributed by atoms with E-state index >= 15 is 0 Å². The summed E-state index contributed by atoms with van der Waals surface area (Å²) in [5, 5.41) is 9.42. The summed E-state index contributed by atoms with van der Waals surface area (Å²) in [6, 6.07) is 5.53. The van der Waals surface area contributed by atoms with Crippen molar-refractivity contribution in [2.45, 2.75) is 38.5 Å². The molecule has 1 saturated carbocycles. The van der Waals surface area contributed by atoms with Crippen LogP contribution < -0.4 is 4.74 Å². The third-order valence-electron chi connectivity index (χ3n) is 4.30. The Morgan fingerprint density at radius 3 is 2.71 bits per heavy atom. The first-order chi connectivity index (χ1) is 8.33. The number of aromatic hydroxyl groups is 1. The summed E-state index contributed by atoms with van der Waals surface area (Å²) in [6.07, 6.45) is 8.07. The fourth-order valence-corrected chi connectivity index (χ4v) is 3.29. The molecule has 2 aliphatic rings. The van der Waals surface area contributed by atoms with Crippen molar-refractivity contribution in [3.05, 3.63) is 23.8 Å². The zero-order chi connectivity index (χ0) is 11.7. The fraction of sp³-hybridized carbons (Fsp3) is 0.600. The molecule has 1 aliphatic carbocycles. The second-order valence-electron chi connectivity index (χ2n) is 5.47. The summed E-state index contributed by atoms with van der Waals surface area (Å²) in [5.74, 6) is 2.73. The lowest BCUT2D eigenvalue weighted by atomic mass is 9.77. The first-order valence-corrected chi connectivity index (χ1v) is 6.77. The monoisotopic (exact) mass is 232 g/mol. The van der Waals surface area contributed by atoms with Gasteiger partial charge in [-0.15, -0.1) is 0 Å². The molecule has 1 aromatic carbocycles. The van der Waals surface area contributed by atoms with E-state index in [2.05, 4.69) is 0 Å². The molecule has 0 amide bonds. The average molecular weight is 232 g/mol. The molecule has 1 fully saturated rings. The molecule has 0 saturated heterocycles. The quantitative estimate of drug-likeness (QED) is 0.802. The van der Waals surface area contributed by atoms with Gasteiger partial charge in [0.05, 0.1) is 6.61 Å². The Labute approximate surface area is 103 Å². The van der Waals surface area contributed by atoms with E-state index in [0.29, 0.717) is 11.7 Å². The first-order valence-electron chi connectivity index (χ1n) is 6.77. The van der Waals surface area contributed by atoms with Crippen LogP contribution in [0.15, 0.2) is 18.2 Å². The Bertz CT molecular complexity index is 394. The highest BCUT2D eigenvalue weighted by molar-refractivity contribution is 5.41. The highest BCUT2D eigenvalue weighted by Crippen LogP contribution is 2.37. The molecule has 1 heterocycles. The smallest absolute Gasteiger partial charge is 0.126 e. The summed E-state index contributed by atoms with van der Waals surface area (Å²) in [5.41, 5.74) is 1.27. The van der Waals surface area contributed by atoms with Crippen LogP contribution in [0.3, 0.4) is 0 Å². The maximum Gasteiger partial charge on any atom is 0.126 e. The molecule has 0 bridgehead atoms. The summed E-state index contributed by atoms with van der Waals surface area (Å²) in [6.45, 7) is 0.834. The average Bonchev–Trinajstić information content (AvgIpc) is 2.39. The summed E-state index contributed by atoms with van der Waals surface area (Å²) >= 11 is 0. The second-order valence-corrected chi connectivity index (χ2v) is 5.47. The molecule has 92 valence electrons. The van der Waals surface area contributed by atoms with E-state index in [-0.39, 0.29) is 0 Å². The van der Waals surface area contributed by atoms with Crippen LogP contribution in [0.4, 0.5) is 0 Å². The van der Waals surface area contributed by atoms with Crippen molar-refractivity contribution in [3.63, 3.8) is 0 Å². The number of fused-ring (bicyclic) bond motifs is 1. The normalized spacial score (nSPS) is 25.1. The van der Waals surface area contributed by atoms with E-state index in [0.717, 1.165) is 24.7 Å². The largest absolute Gasteiger partial charge is 0.508 e. The van der Waals surface area contributed by atoms with Crippen molar-refractivity contribution in [1.29, 1.82) is 0 Å². The number of phenols is 1. The third kappa shape index (κ3) is 2.26. The number of hydrogen-bond donors (Lipinski definition) is 1. The fourth-order valence-electron chi connectivity index (χ4n) is 3.29. The van der Waals surface area contributed by atoms with Gasteiger partial charge in [-0.3, -0.25) is 0 Å². The molecule has 1 N–H and O–H groups in total. The summed E-state index contributed by atoms with van der Waals surface area (Å²) in [7, 11) is 0. The molecule has 1 aliphatic heterocycles. The maximum atomic E-state index is 9.42. The van der Waals surface area contributed by atoms with Crippen LogP contribution in [0.5, 0.6) is 11.5 Å². The van der Waals surface area contributed by atoms with E-state index in [9.17, 15) is 5.11 Å². The van der Waals surface area contributed by atoms with Crippen molar-refractivity contribution in [3.8, 4) is 11.5 Å². The molecule has 1 atom stereocenters. The predicted molar refractivity (Wildman–Crippen MR) is 67.4 cm³/mol. The number of hydrogen-bond acceptors (Lipinski definition) is 2. The lowest BCUT2D eigenvalue weighted by Crippen LogP contribution is -2.29. The van der Waals surface area contributed by atoms with Crippen LogP contribution in [-0.4, -0.2) is 11.7 Å². The Hall–Kier alpha value is -1.18. The number of ether oxygens (including phenoxy) is 1. The van der Waals surface area contributed by atoms with Gasteiger partial charge in [0.2, 0.25) is 0 Å². The van der Waals surface area contributed by atoms with E-state index in [1.54, 1.807) is 12.1 Å². The van der Waals surface area contributed by atoms with Gasteiger partial charge in [-0.1, -0.05) is 38.2 Å². The Morgan fingerprint density at radius 1 is 1.06 bits per heavy atom. The van der Waals surface area contributed by atoms with E-state index < -0.39 is 0 Å². The van der Waals surface area contributed by atoms with Gasteiger partial charge in [0.15, 0.2) is 0 Å². The highest BCUT2D eigenvalue weighted by Gasteiger charge is 2.28. The molecular weight excluding hydrogens is 212 g/mol. The third-order valence-corrected chi connectivity index (χ3v) is 4.30. The molecule has 1 aromatic rings. The molecular formula is C15H20O2. The van der Waals surface area contributed by atoms with Crippen molar-refractivity contribution in [2.75, 3.05) is 6.61 Å². The molecule has 3 rings (SSSR count). The number of phenolic OH excluding ortho intramolecular Hbond substituents is 1. The van der Waals surface area contributed by atoms with Gasteiger partial charge in [-0.25, -0.2) is 0 Å². The summed E-state index contributed by atoms with van der Waals surface area (Å²) in [4.78, 5) is 0. The maximum absolute atomic E-state index is 9.42. The lowest BCUT2D eigenvalue weighted by Gasteiger charge is -2.33. The van der Waals surface area contributed by atoms with Crippen molar-refractivity contribution < 1.29 is 9.84 Å². The van der Waals surface area contributed by atoms with Crippen molar-refractivity contribution in [2.24, 2.45) is 11.8 Å². The molecule has 17 heavy (non-hydrogen) atoms. The minimum Gasteiger partial charge on any atom is -0.508 e. The topological polar surface area (TPSA) is 29.5 Å². The van der Waals surface area contributed by atoms with Crippen LogP contribution >= 0.6 is 0 Å². The minimum atomic E-state index is 0.305. The zero-order valence-electron chi connectivity index (χ0n) is 10.2. The lowest BCUT2D eigenvalue weighted by molar-refractivity contribution is 0.143. The molecule has 0 spiro atoms. The van der Waals surface area contributed by atoms with Gasteiger partial charge < -0.3 is 9.84 Å². The predicted octanol–water partition coefficient (Wildman–Crippen LogP) is 3.52. The van der Waals surface area contributed by atoms with E-state index in [4.69, 9.17) is 4.74 Å². The van der Waals surface area contributed by atoms with Crippen LogP contribution in [0.1, 0.15) is 37.7 Å². The Morgan fingerprint density at radius 2 is 1.88 bits per heavy atom. The van der Waals surface area contributed by atoms with Gasteiger partial charge in [0, 0.05) is 6.07 Å². The molecule has 2 nitrogen and oxygen atoms in total. The van der Waals surface area contributed by atoms with Crippen LogP contribution in [-0.2, 0) is 6.42 Å². The van der Waals surface area contributed by atoms with Crippen molar-refractivity contribution >= 4 is 0 Å². The van der Waals surface area contributed by atoms with E-state index in [1.165, 1.54) is 37.7 Å². The molecule has 0 aromatic heterocycles. The van der Waals surface area contributed by atoms with Crippen LogP contribution in [0.2, 0.25) is 0 Å². The zero-order valence-corrected chi connectivity index (χ0v) is 10.2. The van der Waals surface area contributed by atoms with E-state index in [1.807, 2.05) is 6.07 Å². The SMILES string of the molecule is Oc1ccc2c(c1)OCC(C1CCCCC1)C2. The van der Waals surface area contributed by atoms with Gasteiger partial charge >= 0.3 is 0 Å². The minimum absolute atomic E-state index is 0.305. The second kappa shape index (κ2) is 4.59.